The normalized spacial score (nSPS) is 14.6. The molecule has 0 fully saturated rings. The summed E-state index contributed by atoms with van der Waals surface area (Å²) >= 11 is 0. The van der Waals surface area contributed by atoms with Crippen molar-refractivity contribution in [2.75, 3.05) is 5.32 Å². The van der Waals surface area contributed by atoms with Crippen LogP contribution in [0.25, 0.3) is 0 Å². The predicted molar refractivity (Wildman–Crippen MR) is 63.8 cm³/mol. The van der Waals surface area contributed by atoms with E-state index in [9.17, 15) is 18.4 Å². The molecule has 1 aromatic carbocycles. The van der Waals surface area contributed by atoms with Gasteiger partial charge in [0.2, 0.25) is 5.91 Å². The van der Waals surface area contributed by atoms with E-state index in [1.165, 1.54) is 0 Å². The van der Waals surface area contributed by atoms with Gasteiger partial charge in [-0.15, -0.1) is 0 Å². The van der Waals surface area contributed by atoms with E-state index < -0.39 is 29.1 Å². The molecule has 0 heterocycles. The summed E-state index contributed by atoms with van der Waals surface area (Å²) in [7, 11) is 0. The molecule has 1 aliphatic carbocycles. The highest BCUT2D eigenvalue weighted by molar-refractivity contribution is 6.01. The SMILES string of the molecule is O=C(O)c1cc(F)c(F)cc1NC(=O)C1CC=CC1. The summed E-state index contributed by atoms with van der Waals surface area (Å²) in [6.07, 6.45) is 4.79. The first-order valence-corrected chi connectivity index (χ1v) is 5.67. The lowest BCUT2D eigenvalue weighted by Crippen LogP contribution is -2.22. The summed E-state index contributed by atoms with van der Waals surface area (Å²) in [6.45, 7) is 0. The highest BCUT2D eigenvalue weighted by Crippen LogP contribution is 2.24. The summed E-state index contributed by atoms with van der Waals surface area (Å²) < 4.78 is 26.1. The molecule has 1 aromatic rings. The van der Waals surface area contributed by atoms with Gasteiger partial charge in [-0.25, -0.2) is 13.6 Å². The van der Waals surface area contributed by atoms with Crippen LogP contribution < -0.4 is 5.32 Å². The molecule has 2 rings (SSSR count). The molecule has 4 nitrogen and oxygen atoms in total. The Labute approximate surface area is 107 Å². The zero-order chi connectivity index (χ0) is 14.0. The number of benzene rings is 1. The van der Waals surface area contributed by atoms with Crippen molar-refractivity contribution >= 4 is 17.6 Å². The van der Waals surface area contributed by atoms with Crippen LogP contribution in [0, 0.1) is 17.6 Å². The summed E-state index contributed by atoms with van der Waals surface area (Å²) in [4.78, 5) is 22.8. The number of carbonyl (C=O) groups is 2. The number of hydrogen-bond donors (Lipinski definition) is 2. The number of aromatic carboxylic acids is 1. The van der Waals surface area contributed by atoms with Crippen LogP contribution in [0.1, 0.15) is 23.2 Å². The van der Waals surface area contributed by atoms with Crippen molar-refractivity contribution in [1.82, 2.24) is 0 Å². The number of rotatable bonds is 3. The minimum absolute atomic E-state index is 0.233. The summed E-state index contributed by atoms with van der Waals surface area (Å²) in [5.41, 5.74) is -0.707. The Morgan fingerprint density at radius 1 is 1.16 bits per heavy atom. The molecular formula is C13H11F2NO3. The van der Waals surface area contributed by atoms with Crippen molar-refractivity contribution < 1.29 is 23.5 Å². The summed E-state index contributed by atoms with van der Waals surface area (Å²) in [6, 6.07) is 1.24. The number of halogens is 2. The fourth-order valence-corrected chi connectivity index (χ4v) is 1.89. The fourth-order valence-electron chi connectivity index (χ4n) is 1.89. The molecule has 0 spiro atoms. The molecule has 2 N–H and O–H groups in total. The number of anilines is 1. The van der Waals surface area contributed by atoms with Gasteiger partial charge < -0.3 is 10.4 Å². The van der Waals surface area contributed by atoms with Crippen LogP contribution in [0.5, 0.6) is 0 Å². The Bertz CT molecular complexity index is 561. The van der Waals surface area contributed by atoms with E-state index in [2.05, 4.69) is 5.32 Å². The smallest absolute Gasteiger partial charge is 0.337 e. The third-order valence-corrected chi connectivity index (χ3v) is 2.93. The van der Waals surface area contributed by atoms with Crippen molar-refractivity contribution in [2.45, 2.75) is 12.8 Å². The second-order valence-corrected chi connectivity index (χ2v) is 4.25. The first-order chi connectivity index (χ1) is 8.99. The number of amides is 1. The molecule has 0 bridgehead atoms. The first kappa shape index (κ1) is 13.2. The number of hydrogen-bond acceptors (Lipinski definition) is 2. The lowest BCUT2D eigenvalue weighted by Gasteiger charge is -2.12. The predicted octanol–water partition coefficient (Wildman–Crippen LogP) is 2.57. The monoisotopic (exact) mass is 267 g/mol. The van der Waals surface area contributed by atoms with Crippen molar-refractivity contribution in [3.05, 3.63) is 41.5 Å². The molecule has 0 saturated carbocycles. The van der Waals surface area contributed by atoms with Crippen LogP contribution in [0.4, 0.5) is 14.5 Å². The van der Waals surface area contributed by atoms with E-state index in [4.69, 9.17) is 5.11 Å². The third kappa shape index (κ3) is 2.78. The minimum atomic E-state index is -1.43. The van der Waals surface area contributed by atoms with Gasteiger partial charge in [0.1, 0.15) is 0 Å². The maximum atomic E-state index is 13.1. The van der Waals surface area contributed by atoms with Crippen LogP contribution in [0.3, 0.4) is 0 Å². The van der Waals surface area contributed by atoms with Gasteiger partial charge in [0.05, 0.1) is 11.3 Å². The number of carboxylic acid groups (broad SMARTS) is 1. The standard InChI is InChI=1S/C13H11F2NO3/c14-9-5-8(13(18)19)11(6-10(9)15)16-12(17)7-3-1-2-4-7/h1-2,5-7H,3-4H2,(H,16,17)(H,18,19). The maximum Gasteiger partial charge on any atom is 0.337 e. The molecule has 0 aromatic heterocycles. The Kier molecular flexibility index (Phi) is 3.59. The van der Waals surface area contributed by atoms with Gasteiger partial charge in [0.25, 0.3) is 0 Å². The molecule has 100 valence electrons. The average Bonchev–Trinajstić information content (AvgIpc) is 2.86. The summed E-state index contributed by atoms with van der Waals surface area (Å²) in [5, 5.41) is 11.2. The quantitative estimate of drug-likeness (QED) is 0.827. The third-order valence-electron chi connectivity index (χ3n) is 2.93. The molecule has 0 aliphatic heterocycles. The zero-order valence-electron chi connectivity index (χ0n) is 9.82. The van der Waals surface area contributed by atoms with Crippen molar-refractivity contribution in [1.29, 1.82) is 0 Å². The number of nitrogens with one attached hydrogen (secondary N) is 1. The molecule has 0 saturated heterocycles. The maximum absolute atomic E-state index is 13.1. The van der Waals surface area contributed by atoms with Gasteiger partial charge in [0, 0.05) is 12.0 Å². The van der Waals surface area contributed by atoms with Gasteiger partial charge in [-0.3, -0.25) is 4.79 Å². The van der Waals surface area contributed by atoms with Crippen LogP contribution in [0.2, 0.25) is 0 Å². The second kappa shape index (κ2) is 5.17. The number of carbonyl (C=O) groups excluding carboxylic acids is 1. The van der Waals surface area contributed by atoms with Crippen LogP contribution >= 0.6 is 0 Å². The van der Waals surface area contributed by atoms with E-state index in [1.54, 1.807) is 0 Å². The topological polar surface area (TPSA) is 66.4 Å². The average molecular weight is 267 g/mol. The van der Waals surface area contributed by atoms with Crippen molar-refractivity contribution in [3.8, 4) is 0 Å². The Hall–Kier alpha value is -2.24. The van der Waals surface area contributed by atoms with Crippen molar-refractivity contribution in [2.24, 2.45) is 5.92 Å². The number of allylic oxidation sites excluding steroid dienone is 2. The van der Waals surface area contributed by atoms with Crippen LogP contribution in [-0.2, 0) is 4.79 Å². The summed E-state index contributed by atoms with van der Waals surface area (Å²) in [5.74, 6) is -4.60. The van der Waals surface area contributed by atoms with E-state index in [-0.39, 0.29) is 11.6 Å². The highest BCUT2D eigenvalue weighted by atomic mass is 19.2. The molecule has 19 heavy (non-hydrogen) atoms. The molecule has 0 atom stereocenters. The minimum Gasteiger partial charge on any atom is -0.478 e. The van der Waals surface area contributed by atoms with E-state index >= 15 is 0 Å². The Morgan fingerprint density at radius 3 is 2.32 bits per heavy atom. The largest absolute Gasteiger partial charge is 0.478 e. The van der Waals surface area contributed by atoms with E-state index in [0.717, 1.165) is 0 Å². The molecule has 6 heteroatoms. The lowest BCUT2D eigenvalue weighted by atomic mass is 10.1. The second-order valence-electron chi connectivity index (χ2n) is 4.25. The van der Waals surface area contributed by atoms with E-state index in [1.807, 2.05) is 12.2 Å². The number of carboxylic acids is 1. The van der Waals surface area contributed by atoms with Crippen molar-refractivity contribution in [3.63, 3.8) is 0 Å². The molecule has 1 aliphatic rings. The fraction of sp³-hybridized carbons (Fsp3) is 0.231. The molecular weight excluding hydrogens is 256 g/mol. The Morgan fingerprint density at radius 2 is 1.74 bits per heavy atom. The van der Waals surface area contributed by atoms with Gasteiger partial charge >= 0.3 is 5.97 Å². The van der Waals surface area contributed by atoms with Gasteiger partial charge in [-0.05, 0) is 18.9 Å². The van der Waals surface area contributed by atoms with Gasteiger partial charge in [-0.1, -0.05) is 12.2 Å². The van der Waals surface area contributed by atoms with Gasteiger partial charge in [0.15, 0.2) is 11.6 Å². The highest BCUT2D eigenvalue weighted by Gasteiger charge is 2.22. The van der Waals surface area contributed by atoms with E-state index in [0.29, 0.717) is 25.0 Å². The van der Waals surface area contributed by atoms with Gasteiger partial charge in [-0.2, -0.15) is 0 Å². The Balaban J connectivity index is 2.25. The lowest BCUT2D eigenvalue weighted by molar-refractivity contribution is -0.119. The van der Waals surface area contributed by atoms with Crippen LogP contribution in [-0.4, -0.2) is 17.0 Å². The molecule has 0 unspecified atom stereocenters. The molecule has 1 amide bonds. The molecule has 0 radical (unpaired) electrons. The zero-order valence-corrected chi connectivity index (χ0v) is 9.82. The first-order valence-electron chi connectivity index (χ1n) is 5.67. The van der Waals surface area contributed by atoms with Crippen LogP contribution in [0.15, 0.2) is 24.3 Å².